The smallest absolute Gasteiger partial charge is 0.410 e. The van der Waals surface area contributed by atoms with Gasteiger partial charge in [-0.2, -0.15) is 5.10 Å². The number of amides is 3. The molecule has 2 aromatic heterocycles. The van der Waals surface area contributed by atoms with E-state index in [0.29, 0.717) is 48.5 Å². The van der Waals surface area contributed by atoms with E-state index in [9.17, 15) is 14.4 Å². The molecular formula is C30H38N6O4. The zero-order valence-electron chi connectivity index (χ0n) is 24.2. The van der Waals surface area contributed by atoms with Crippen LogP contribution in [0.3, 0.4) is 0 Å². The number of pyridine rings is 1. The number of carbonyl (C=O) groups excluding carboxylic acids is 3. The maximum absolute atomic E-state index is 13.0. The topological polar surface area (TPSA) is 110 Å². The van der Waals surface area contributed by atoms with Gasteiger partial charge in [0.15, 0.2) is 5.82 Å². The van der Waals surface area contributed by atoms with Crippen molar-refractivity contribution in [2.24, 2.45) is 5.92 Å². The van der Waals surface area contributed by atoms with E-state index >= 15 is 0 Å². The SMILES string of the molecule is CNC(=O)c1c2cc(C3CC3)c(N(CCC3CN(C(=O)OC(C)(C)C)C3)C(C)=O)cc2nn1-c1ccc(C)cn1. The molecule has 3 aromatic rings. The van der Waals surface area contributed by atoms with Crippen LogP contribution >= 0.6 is 0 Å². The molecule has 1 aliphatic carbocycles. The summed E-state index contributed by atoms with van der Waals surface area (Å²) in [6, 6.07) is 7.76. The van der Waals surface area contributed by atoms with Crippen LogP contribution in [0.1, 0.15) is 74.5 Å². The number of nitrogens with one attached hydrogen (secondary N) is 1. The Kier molecular flexibility index (Phi) is 7.29. The fraction of sp³-hybridized carbons (Fsp3) is 0.500. The molecule has 1 aromatic carbocycles. The molecule has 0 unspecified atom stereocenters. The summed E-state index contributed by atoms with van der Waals surface area (Å²) in [5, 5.41) is 8.26. The largest absolute Gasteiger partial charge is 0.444 e. The van der Waals surface area contributed by atoms with E-state index in [1.54, 1.807) is 29.7 Å². The molecule has 1 saturated carbocycles. The third kappa shape index (κ3) is 5.66. The van der Waals surface area contributed by atoms with Crippen molar-refractivity contribution < 1.29 is 19.1 Å². The first-order valence-corrected chi connectivity index (χ1v) is 13.9. The first kappa shape index (κ1) is 27.6. The van der Waals surface area contributed by atoms with E-state index in [-0.39, 0.29) is 17.9 Å². The zero-order chi connectivity index (χ0) is 28.8. The van der Waals surface area contributed by atoms with Crippen LogP contribution in [0.25, 0.3) is 16.7 Å². The number of carbonyl (C=O) groups is 3. The summed E-state index contributed by atoms with van der Waals surface area (Å²) in [6.07, 6.45) is 4.31. The van der Waals surface area contributed by atoms with Crippen LogP contribution in [0.15, 0.2) is 30.5 Å². The lowest BCUT2D eigenvalue weighted by Crippen LogP contribution is -2.52. The number of rotatable bonds is 7. The van der Waals surface area contributed by atoms with Crippen molar-refractivity contribution >= 4 is 34.5 Å². The molecule has 0 bridgehead atoms. The third-order valence-electron chi connectivity index (χ3n) is 7.43. The minimum Gasteiger partial charge on any atom is -0.444 e. The highest BCUT2D eigenvalue weighted by molar-refractivity contribution is 6.07. The second kappa shape index (κ2) is 10.6. The number of aryl methyl sites for hydroxylation is 1. The maximum atomic E-state index is 13.0. The number of hydrogen-bond acceptors (Lipinski definition) is 6. The van der Waals surface area contributed by atoms with Gasteiger partial charge in [0, 0.05) is 50.9 Å². The standard InChI is InChI=1S/C30H38N6O4/c1-18-7-10-26(32-15-18)36-27(28(38)31-6)23-13-22(21-8-9-21)25(14-24(23)33-36)35(19(2)37)12-11-20-16-34(17-20)29(39)40-30(3,4)5/h7,10,13-15,20-21H,8-9,11-12,16-17H2,1-6H3,(H,31,38). The second-order valence-electron chi connectivity index (χ2n) is 11.9. The quantitative estimate of drug-likeness (QED) is 0.465. The molecule has 2 aliphatic rings. The van der Waals surface area contributed by atoms with Crippen molar-refractivity contribution in [3.8, 4) is 5.82 Å². The number of hydrogen-bond donors (Lipinski definition) is 1. The van der Waals surface area contributed by atoms with Crippen LogP contribution in [0.2, 0.25) is 0 Å². The van der Waals surface area contributed by atoms with Crippen molar-refractivity contribution in [1.82, 2.24) is 25.0 Å². The Bertz CT molecular complexity index is 1450. The highest BCUT2D eigenvalue weighted by Gasteiger charge is 2.35. The number of nitrogens with zero attached hydrogens (tertiary/aromatic N) is 5. The second-order valence-corrected chi connectivity index (χ2v) is 11.9. The highest BCUT2D eigenvalue weighted by atomic mass is 16.6. The zero-order valence-corrected chi connectivity index (χ0v) is 24.2. The first-order chi connectivity index (χ1) is 18.9. The average molecular weight is 547 g/mol. The molecule has 1 saturated heterocycles. The summed E-state index contributed by atoms with van der Waals surface area (Å²) in [5.41, 5.74) is 3.45. The van der Waals surface area contributed by atoms with Gasteiger partial charge in [0.25, 0.3) is 5.91 Å². The van der Waals surface area contributed by atoms with Crippen molar-refractivity contribution in [1.29, 1.82) is 0 Å². The molecule has 0 radical (unpaired) electrons. The van der Waals surface area contributed by atoms with Gasteiger partial charge in [-0.1, -0.05) is 6.07 Å². The van der Waals surface area contributed by atoms with Crippen LogP contribution in [-0.2, 0) is 9.53 Å². The molecule has 1 aliphatic heterocycles. The number of likely N-dealkylation sites (tertiary alicyclic amines) is 1. The lowest BCUT2D eigenvalue weighted by Gasteiger charge is -2.40. The van der Waals surface area contributed by atoms with Gasteiger partial charge in [0.05, 0.1) is 5.52 Å². The fourth-order valence-electron chi connectivity index (χ4n) is 5.17. The Morgan fingerprint density at radius 1 is 1.15 bits per heavy atom. The first-order valence-electron chi connectivity index (χ1n) is 13.9. The van der Waals surface area contributed by atoms with Gasteiger partial charge in [-0.15, -0.1) is 0 Å². The van der Waals surface area contributed by atoms with Gasteiger partial charge in [-0.05, 0) is 88.1 Å². The molecule has 0 spiro atoms. The van der Waals surface area contributed by atoms with E-state index in [4.69, 9.17) is 9.84 Å². The summed E-state index contributed by atoms with van der Waals surface area (Å²) in [7, 11) is 1.60. The monoisotopic (exact) mass is 546 g/mol. The molecule has 40 heavy (non-hydrogen) atoms. The van der Waals surface area contributed by atoms with Crippen LogP contribution < -0.4 is 10.2 Å². The van der Waals surface area contributed by atoms with Crippen molar-refractivity contribution in [3.05, 3.63) is 47.3 Å². The summed E-state index contributed by atoms with van der Waals surface area (Å²) in [6.45, 7) is 10.9. The maximum Gasteiger partial charge on any atom is 0.410 e. The summed E-state index contributed by atoms with van der Waals surface area (Å²) in [4.78, 5) is 46.3. The van der Waals surface area contributed by atoms with Gasteiger partial charge in [-0.25, -0.2) is 14.5 Å². The number of fused-ring (bicyclic) bond motifs is 1. The lowest BCUT2D eigenvalue weighted by atomic mass is 9.96. The van der Waals surface area contributed by atoms with Crippen LogP contribution in [0, 0.1) is 12.8 Å². The molecule has 212 valence electrons. The molecule has 5 rings (SSSR count). The summed E-state index contributed by atoms with van der Waals surface area (Å²) >= 11 is 0. The number of benzene rings is 1. The molecule has 10 nitrogen and oxygen atoms in total. The average Bonchev–Trinajstić information content (AvgIpc) is 3.63. The predicted molar refractivity (Wildman–Crippen MR) is 153 cm³/mol. The van der Waals surface area contributed by atoms with Gasteiger partial charge in [0.1, 0.15) is 11.3 Å². The van der Waals surface area contributed by atoms with Crippen LogP contribution in [0.4, 0.5) is 10.5 Å². The molecule has 1 N–H and O–H groups in total. The fourth-order valence-corrected chi connectivity index (χ4v) is 5.17. The van der Waals surface area contributed by atoms with Gasteiger partial charge >= 0.3 is 6.09 Å². The molecular weight excluding hydrogens is 508 g/mol. The predicted octanol–water partition coefficient (Wildman–Crippen LogP) is 4.58. The van der Waals surface area contributed by atoms with E-state index in [0.717, 1.165) is 41.5 Å². The van der Waals surface area contributed by atoms with Gasteiger partial charge < -0.3 is 19.9 Å². The van der Waals surface area contributed by atoms with E-state index < -0.39 is 5.60 Å². The molecule has 0 atom stereocenters. The van der Waals surface area contributed by atoms with Crippen molar-refractivity contribution in [2.75, 3.05) is 31.6 Å². The molecule has 3 heterocycles. The number of aromatic nitrogens is 3. The minimum atomic E-state index is -0.522. The highest BCUT2D eigenvalue weighted by Crippen LogP contribution is 2.46. The Labute approximate surface area is 234 Å². The van der Waals surface area contributed by atoms with Crippen molar-refractivity contribution in [3.63, 3.8) is 0 Å². The van der Waals surface area contributed by atoms with E-state index in [1.807, 2.05) is 56.9 Å². The van der Waals surface area contributed by atoms with Crippen molar-refractivity contribution in [2.45, 2.75) is 65.4 Å². The summed E-state index contributed by atoms with van der Waals surface area (Å²) < 4.78 is 7.05. The van der Waals surface area contributed by atoms with E-state index in [2.05, 4.69) is 10.3 Å². The number of ether oxygens (including phenoxy) is 1. The molecule has 10 heteroatoms. The summed E-state index contributed by atoms with van der Waals surface area (Å²) in [5.74, 6) is 0.899. The van der Waals surface area contributed by atoms with Crippen LogP contribution in [0.5, 0.6) is 0 Å². The normalized spacial score (nSPS) is 15.6. The van der Waals surface area contributed by atoms with Gasteiger partial charge in [-0.3, -0.25) is 9.59 Å². The number of anilines is 1. The molecule has 2 fully saturated rings. The Balaban J connectivity index is 1.44. The van der Waals surface area contributed by atoms with E-state index in [1.165, 1.54) is 0 Å². The van der Waals surface area contributed by atoms with Gasteiger partial charge in [0.2, 0.25) is 5.91 Å². The third-order valence-corrected chi connectivity index (χ3v) is 7.43. The lowest BCUT2D eigenvalue weighted by molar-refractivity contribution is -0.116. The van der Waals surface area contributed by atoms with Crippen LogP contribution in [-0.4, -0.2) is 69.9 Å². The Morgan fingerprint density at radius 2 is 1.88 bits per heavy atom. The minimum absolute atomic E-state index is 0.0456. The Morgan fingerprint density at radius 3 is 2.45 bits per heavy atom. The Hall–Kier alpha value is -3.95. The molecule has 3 amide bonds.